The van der Waals surface area contributed by atoms with Gasteiger partial charge >= 0.3 is 18.4 Å². The van der Waals surface area contributed by atoms with Crippen LogP contribution in [0.3, 0.4) is 0 Å². The lowest BCUT2D eigenvalue weighted by atomic mass is 9.96. The van der Waals surface area contributed by atoms with Gasteiger partial charge in [0.25, 0.3) is 0 Å². The first kappa shape index (κ1) is 31.3. The van der Waals surface area contributed by atoms with Gasteiger partial charge < -0.3 is 14.4 Å². The van der Waals surface area contributed by atoms with Gasteiger partial charge in [-0.25, -0.2) is 15.3 Å². The normalized spacial score (nSPS) is 19.7. The number of amidine groups is 1. The zero-order valence-corrected chi connectivity index (χ0v) is 24.6. The SMILES string of the molecule is COc1ccc(CC2=NNNN2)cc1-c1ccc(N2CCC2)nc1CN1C(=O)O[C@H](c2cc(C(F)(F)F)cc(C(F)(F)F)c2)[C@@H]1C. The third-order valence-electron chi connectivity index (χ3n) is 8.17. The predicted octanol–water partition coefficient (Wildman–Crippen LogP) is 5.56. The van der Waals surface area contributed by atoms with Crippen LogP contribution >= 0.6 is 0 Å². The smallest absolute Gasteiger partial charge is 0.416 e. The molecule has 0 saturated carbocycles. The van der Waals surface area contributed by atoms with Gasteiger partial charge in [-0.2, -0.15) is 26.3 Å². The van der Waals surface area contributed by atoms with E-state index in [4.69, 9.17) is 14.5 Å². The van der Waals surface area contributed by atoms with Crippen LogP contribution in [-0.4, -0.2) is 48.1 Å². The van der Waals surface area contributed by atoms with Crippen LogP contribution < -0.4 is 26.1 Å². The summed E-state index contributed by atoms with van der Waals surface area (Å²) in [6.45, 7) is 2.97. The maximum Gasteiger partial charge on any atom is 0.416 e. The van der Waals surface area contributed by atoms with E-state index in [9.17, 15) is 31.1 Å². The van der Waals surface area contributed by atoms with Crippen molar-refractivity contribution in [1.29, 1.82) is 0 Å². The molecule has 6 rings (SSSR count). The minimum Gasteiger partial charge on any atom is -0.496 e. The molecule has 1 aromatic heterocycles. The van der Waals surface area contributed by atoms with Gasteiger partial charge in [-0.15, -0.1) is 10.6 Å². The van der Waals surface area contributed by atoms with Crippen molar-refractivity contribution in [1.82, 2.24) is 26.4 Å². The standard InChI is InChI=1S/C30H29F6N7O3/c1-16-27(18-12-19(29(31,32)33)14-20(13-18)30(34,35)36)46-28(44)43(16)15-23-21(5-7-26(37-23)42-8-3-9-42)22-10-17(4-6-24(22)45-2)11-25-38-40-41-39-25/h4-7,10,12-14,16,27,40-41H,3,8-9,11,15H2,1-2H3,(H,38,39)/t16-,27-/m0/s1. The zero-order chi connectivity index (χ0) is 32.8. The van der Waals surface area contributed by atoms with E-state index < -0.39 is 47.3 Å². The third kappa shape index (κ3) is 6.21. The van der Waals surface area contributed by atoms with Crippen molar-refractivity contribution in [2.45, 2.75) is 50.8 Å². The number of alkyl halides is 6. The summed E-state index contributed by atoms with van der Waals surface area (Å²) in [4.78, 5) is 21.4. The van der Waals surface area contributed by atoms with Crippen LogP contribution in [0, 0.1) is 0 Å². The number of ether oxygens (including phenoxy) is 2. The van der Waals surface area contributed by atoms with E-state index in [0.717, 1.165) is 25.1 Å². The van der Waals surface area contributed by atoms with Gasteiger partial charge in [-0.1, -0.05) is 6.07 Å². The van der Waals surface area contributed by atoms with E-state index in [0.29, 0.717) is 52.8 Å². The van der Waals surface area contributed by atoms with Gasteiger partial charge in [0.05, 0.1) is 36.5 Å². The van der Waals surface area contributed by atoms with Crippen LogP contribution in [0.25, 0.3) is 11.1 Å². The number of hydrazone groups is 1. The monoisotopic (exact) mass is 649 g/mol. The van der Waals surface area contributed by atoms with Gasteiger partial charge in [0.15, 0.2) is 0 Å². The largest absolute Gasteiger partial charge is 0.496 e. The second kappa shape index (κ2) is 11.9. The molecule has 0 unspecified atom stereocenters. The van der Waals surface area contributed by atoms with Crippen LogP contribution in [0.4, 0.5) is 37.0 Å². The summed E-state index contributed by atoms with van der Waals surface area (Å²) in [6.07, 6.45) is -10.9. The van der Waals surface area contributed by atoms with E-state index in [-0.39, 0.29) is 12.6 Å². The highest BCUT2D eigenvalue weighted by atomic mass is 19.4. The number of nitrogens with zero attached hydrogens (tertiary/aromatic N) is 4. The lowest BCUT2D eigenvalue weighted by molar-refractivity contribution is -0.143. The Hall–Kier alpha value is -4.73. The molecule has 0 radical (unpaired) electrons. The molecular weight excluding hydrogens is 620 g/mol. The van der Waals surface area contributed by atoms with Gasteiger partial charge in [-0.3, -0.25) is 10.3 Å². The second-order valence-corrected chi connectivity index (χ2v) is 11.1. The highest BCUT2D eigenvalue weighted by molar-refractivity contribution is 5.85. The van der Waals surface area contributed by atoms with Crippen molar-refractivity contribution in [3.05, 3.63) is 76.5 Å². The molecule has 0 bridgehead atoms. The number of hydrogen-bond donors (Lipinski definition) is 3. The number of cyclic esters (lactones) is 1. The number of pyridine rings is 1. The fourth-order valence-corrected chi connectivity index (χ4v) is 5.62. The van der Waals surface area contributed by atoms with E-state index in [1.165, 1.54) is 18.9 Å². The molecule has 3 aliphatic heterocycles. The predicted molar refractivity (Wildman–Crippen MR) is 154 cm³/mol. The number of hydrogen-bond acceptors (Lipinski definition) is 9. The van der Waals surface area contributed by atoms with Crippen LogP contribution in [0.1, 0.15) is 47.4 Å². The molecule has 16 heteroatoms. The number of methoxy groups -OCH3 is 1. The van der Waals surface area contributed by atoms with E-state index in [2.05, 4.69) is 26.5 Å². The van der Waals surface area contributed by atoms with Crippen molar-refractivity contribution < 1.29 is 40.6 Å². The Balaban J connectivity index is 1.36. The number of anilines is 1. The Morgan fingerprint density at radius 3 is 2.28 bits per heavy atom. The lowest BCUT2D eigenvalue weighted by Gasteiger charge is -2.33. The molecule has 3 aromatic rings. The molecule has 244 valence electrons. The van der Waals surface area contributed by atoms with Crippen molar-refractivity contribution in [2.75, 3.05) is 25.1 Å². The first-order chi connectivity index (χ1) is 21.8. The first-order valence-electron chi connectivity index (χ1n) is 14.3. The highest BCUT2D eigenvalue weighted by Crippen LogP contribution is 2.42. The van der Waals surface area contributed by atoms with Gasteiger partial charge in [0, 0.05) is 30.6 Å². The van der Waals surface area contributed by atoms with E-state index in [1.807, 2.05) is 24.3 Å². The number of nitrogens with one attached hydrogen (secondary N) is 3. The minimum absolute atomic E-state index is 0.0457. The number of halogens is 6. The summed E-state index contributed by atoms with van der Waals surface area (Å²) < 4.78 is 92.6. The van der Waals surface area contributed by atoms with Crippen molar-refractivity contribution in [3.8, 4) is 16.9 Å². The fourth-order valence-electron chi connectivity index (χ4n) is 5.62. The molecular formula is C30H29F6N7O3. The van der Waals surface area contributed by atoms with Crippen LogP contribution in [-0.2, 0) is 30.1 Å². The Labute approximate surface area is 259 Å². The molecule has 2 saturated heterocycles. The minimum atomic E-state index is -5.04. The number of carbonyl (C=O) groups is 1. The molecule has 46 heavy (non-hydrogen) atoms. The average molecular weight is 650 g/mol. The summed E-state index contributed by atoms with van der Waals surface area (Å²) in [5, 5.41) is 4.11. The van der Waals surface area contributed by atoms with Crippen molar-refractivity contribution >= 4 is 17.7 Å². The zero-order valence-electron chi connectivity index (χ0n) is 24.6. The Bertz CT molecular complexity index is 1640. The molecule has 2 aromatic carbocycles. The first-order valence-corrected chi connectivity index (χ1v) is 14.3. The van der Waals surface area contributed by atoms with Gasteiger partial charge in [0.1, 0.15) is 23.5 Å². The van der Waals surface area contributed by atoms with Gasteiger partial charge in [-0.05, 0) is 66.9 Å². The molecule has 4 heterocycles. The Morgan fingerprint density at radius 2 is 1.70 bits per heavy atom. The average Bonchev–Trinajstić information content (AvgIpc) is 3.59. The Kier molecular flexibility index (Phi) is 8.08. The Morgan fingerprint density at radius 1 is 0.978 bits per heavy atom. The van der Waals surface area contributed by atoms with Gasteiger partial charge in [0.2, 0.25) is 0 Å². The molecule has 3 N–H and O–H groups in total. The summed E-state index contributed by atoms with van der Waals surface area (Å²) in [6, 6.07) is 9.58. The quantitative estimate of drug-likeness (QED) is 0.273. The van der Waals surface area contributed by atoms with Crippen LogP contribution in [0.15, 0.2) is 53.6 Å². The van der Waals surface area contributed by atoms with E-state index in [1.54, 1.807) is 6.07 Å². The molecule has 2 fully saturated rings. The maximum absolute atomic E-state index is 13.6. The molecule has 0 spiro atoms. The number of amides is 1. The molecule has 0 aliphatic carbocycles. The van der Waals surface area contributed by atoms with Crippen molar-refractivity contribution in [2.24, 2.45) is 5.10 Å². The maximum atomic E-state index is 13.6. The third-order valence-corrected chi connectivity index (χ3v) is 8.17. The summed E-state index contributed by atoms with van der Waals surface area (Å²) in [7, 11) is 1.52. The molecule has 3 aliphatic rings. The molecule has 2 atom stereocenters. The second-order valence-electron chi connectivity index (χ2n) is 11.1. The van der Waals surface area contributed by atoms with Crippen molar-refractivity contribution in [3.63, 3.8) is 0 Å². The fraction of sp³-hybridized carbons (Fsp3) is 0.367. The number of carbonyl (C=O) groups excluding carboxylic acids is 1. The van der Waals surface area contributed by atoms with E-state index >= 15 is 0 Å². The molecule has 10 nitrogen and oxygen atoms in total. The summed E-state index contributed by atoms with van der Waals surface area (Å²) >= 11 is 0. The number of benzene rings is 2. The number of rotatable bonds is 8. The van der Waals surface area contributed by atoms with Crippen LogP contribution in [0.5, 0.6) is 5.75 Å². The highest BCUT2D eigenvalue weighted by Gasteiger charge is 2.43. The summed E-state index contributed by atoms with van der Waals surface area (Å²) in [5.74, 6) is 1.84. The summed E-state index contributed by atoms with van der Waals surface area (Å²) in [5.41, 5.74) is 7.43. The number of aromatic nitrogens is 1. The molecule has 1 amide bonds. The number of hydrazine groups is 2. The lowest BCUT2D eigenvalue weighted by Crippen LogP contribution is -2.38. The van der Waals surface area contributed by atoms with Crippen LogP contribution in [0.2, 0.25) is 0 Å². The topological polar surface area (TPSA) is 103 Å².